The lowest BCUT2D eigenvalue weighted by atomic mass is 9.82. The first-order valence-corrected chi connectivity index (χ1v) is 11.2. The fraction of sp³-hybridized carbons (Fsp3) is 0.609. The van der Waals surface area contributed by atoms with Gasteiger partial charge in [0.15, 0.2) is 0 Å². The van der Waals surface area contributed by atoms with Crippen molar-refractivity contribution in [1.29, 1.82) is 0 Å². The summed E-state index contributed by atoms with van der Waals surface area (Å²) >= 11 is 0. The summed E-state index contributed by atoms with van der Waals surface area (Å²) in [5, 5.41) is 9.17. The van der Waals surface area contributed by atoms with E-state index in [-0.39, 0.29) is 29.9 Å². The Hall–Kier alpha value is -2.41. The molecule has 2 aliphatic rings. The molecule has 2 fully saturated rings. The summed E-state index contributed by atoms with van der Waals surface area (Å²) in [6.07, 6.45) is 9.12. The van der Waals surface area contributed by atoms with Gasteiger partial charge in [-0.2, -0.15) is 0 Å². The number of carbonyl (C=O) groups is 2. The van der Waals surface area contributed by atoms with Crippen LogP contribution in [-0.2, 0) is 9.59 Å². The molecule has 7 nitrogen and oxygen atoms in total. The van der Waals surface area contributed by atoms with E-state index in [2.05, 4.69) is 32.4 Å². The van der Waals surface area contributed by atoms with Crippen molar-refractivity contribution in [2.75, 3.05) is 18.9 Å². The van der Waals surface area contributed by atoms with Crippen molar-refractivity contribution in [1.82, 2.24) is 20.5 Å². The number of likely N-dealkylation sites (tertiary alicyclic amines) is 1. The van der Waals surface area contributed by atoms with Gasteiger partial charge in [0.25, 0.3) is 0 Å². The number of rotatable bonds is 8. The SMILES string of the molecule is C=C([C@@H](NC(=O)[C@H](C)NC)C1CCCCC1)N1CCC[C@H]1C(=O)Nc1ccccn1. The van der Waals surface area contributed by atoms with Gasteiger partial charge in [-0.3, -0.25) is 9.59 Å². The van der Waals surface area contributed by atoms with Crippen LogP contribution in [-0.4, -0.2) is 53.4 Å². The van der Waals surface area contributed by atoms with Crippen LogP contribution in [0.15, 0.2) is 36.7 Å². The summed E-state index contributed by atoms with van der Waals surface area (Å²) in [5.74, 6) is 0.826. The van der Waals surface area contributed by atoms with E-state index in [4.69, 9.17) is 0 Å². The molecular formula is C23H35N5O2. The zero-order valence-electron chi connectivity index (χ0n) is 18.2. The maximum absolute atomic E-state index is 13.0. The smallest absolute Gasteiger partial charge is 0.248 e. The van der Waals surface area contributed by atoms with Crippen LogP contribution in [0, 0.1) is 5.92 Å². The Morgan fingerprint density at radius 1 is 1.17 bits per heavy atom. The number of nitrogens with zero attached hydrogens (tertiary/aromatic N) is 2. The predicted octanol–water partition coefficient (Wildman–Crippen LogP) is 2.67. The van der Waals surface area contributed by atoms with Crippen LogP contribution < -0.4 is 16.0 Å². The van der Waals surface area contributed by atoms with Gasteiger partial charge in [-0.05, 0) is 57.7 Å². The zero-order chi connectivity index (χ0) is 21.5. The number of carbonyl (C=O) groups excluding carboxylic acids is 2. The van der Waals surface area contributed by atoms with Gasteiger partial charge in [0.05, 0.1) is 12.1 Å². The minimum absolute atomic E-state index is 0.0251. The van der Waals surface area contributed by atoms with E-state index in [1.165, 1.54) is 19.3 Å². The second-order valence-corrected chi connectivity index (χ2v) is 8.44. The molecule has 1 aliphatic heterocycles. The molecule has 3 atom stereocenters. The van der Waals surface area contributed by atoms with Crippen molar-refractivity contribution in [3.05, 3.63) is 36.7 Å². The molecule has 0 spiro atoms. The van der Waals surface area contributed by atoms with Crippen LogP contribution >= 0.6 is 0 Å². The standard InChI is InChI=1S/C23H35N5O2/c1-16(24-3)22(29)27-21(18-10-5-4-6-11-18)17(2)28-15-9-12-19(28)23(30)26-20-13-7-8-14-25-20/h7-8,13-14,16,18-19,21,24H,2,4-6,9-12,15H2,1,3H3,(H,27,29)(H,25,26,30)/t16-,19-,21+/m0/s1. The Morgan fingerprint density at radius 3 is 2.60 bits per heavy atom. The lowest BCUT2D eigenvalue weighted by Crippen LogP contribution is -2.52. The molecule has 1 aliphatic carbocycles. The molecule has 1 saturated carbocycles. The fourth-order valence-corrected chi connectivity index (χ4v) is 4.56. The van der Waals surface area contributed by atoms with Crippen LogP contribution in [0.2, 0.25) is 0 Å². The third-order valence-corrected chi connectivity index (χ3v) is 6.44. The summed E-state index contributed by atoms with van der Waals surface area (Å²) in [7, 11) is 1.78. The van der Waals surface area contributed by atoms with E-state index in [0.717, 1.165) is 37.9 Å². The van der Waals surface area contributed by atoms with Crippen LogP contribution in [0.25, 0.3) is 0 Å². The normalized spacial score (nSPS) is 21.7. The van der Waals surface area contributed by atoms with Gasteiger partial charge < -0.3 is 20.9 Å². The first-order valence-electron chi connectivity index (χ1n) is 11.2. The Balaban J connectivity index is 1.74. The van der Waals surface area contributed by atoms with Crippen molar-refractivity contribution < 1.29 is 9.59 Å². The number of anilines is 1. The Kier molecular flexibility index (Phi) is 7.85. The summed E-state index contributed by atoms with van der Waals surface area (Å²) in [6.45, 7) is 7.02. The second-order valence-electron chi connectivity index (χ2n) is 8.44. The van der Waals surface area contributed by atoms with Crippen molar-refractivity contribution >= 4 is 17.6 Å². The molecule has 1 saturated heterocycles. The second kappa shape index (κ2) is 10.6. The number of amides is 2. The number of aromatic nitrogens is 1. The van der Waals surface area contributed by atoms with Crippen LogP contribution in [0.4, 0.5) is 5.82 Å². The summed E-state index contributed by atoms with van der Waals surface area (Å²) in [5.41, 5.74) is 0.859. The molecule has 0 aromatic carbocycles. The highest BCUT2D eigenvalue weighted by Gasteiger charge is 2.37. The van der Waals surface area contributed by atoms with E-state index < -0.39 is 0 Å². The van der Waals surface area contributed by atoms with Gasteiger partial charge in [-0.15, -0.1) is 0 Å². The van der Waals surface area contributed by atoms with Crippen LogP contribution in [0.5, 0.6) is 0 Å². The summed E-state index contributed by atoms with van der Waals surface area (Å²) < 4.78 is 0. The highest BCUT2D eigenvalue weighted by molar-refractivity contribution is 5.94. The molecule has 0 unspecified atom stereocenters. The first kappa shape index (κ1) is 22.3. The number of likely N-dealkylation sites (N-methyl/N-ethyl adjacent to an activating group) is 1. The van der Waals surface area contributed by atoms with Crippen molar-refractivity contribution in [2.45, 2.75) is 70.0 Å². The fourth-order valence-electron chi connectivity index (χ4n) is 4.56. The van der Waals surface area contributed by atoms with Crippen molar-refractivity contribution in [3.8, 4) is 0 Å². The molecule has 30 heavy (non-hydrogen) atoms. The third-order valence-electron chi connectivity index (χ3n) is 6.44. The summed E-state index contributed by atoms with van der Waals surface area (Å²) in [4.78, 5) is 32.0. The highest BCUT2D eigenvalue weighted by Crippen LogP contribution is 2.33. The maximum atomic E-state index is 13.0. The molecule has 3 N–H and O–H groups in total. The largest absolute Gasteiger partial charge is 0.362 e. The predicted molar refractivity (Wildman–Crippen MR) is 119 cm³/mol. The molecule has 0 radical (unpaired) electrons. The molecule has 164 valence electrons. The van der Waals surface area contributed by atoms with E-state index in [1.807, 2.05) is 19.1 Å². The quantitative estimate of drug-likeness (QED) is 0.610. The first-order chi connectivity index (χ1) is 14.5. The Bertz CT molecular complexity index is 732. The van der Waals surface area contributed by atoms with Gasteiger partial charge in [-0.1, -0.05) is 31.9 Å². The Morgan fingerprint density at radius 2 is 1.93 bits per heavy atom. The molecule has 2 heterocycles. The summed E-state index contributed by atoms with van der Waals surface area (Å²) in [6, 6.07) is 4.76. The minimum Gasteiger partial charge on any atom is -0.362 e. The lowest BCUT2D eigenvalue weighted by Gasteiger charge is -2.38. The van der Waals surface area contributed by atoms with Gasteiger partial charge in [-0.25, -0.2) is 4.98 Å². The van der Waals surface area contributed by atoms with Gasteiger partial charge in [0, 0.05) is 18.4 Å². The number of nitrogens with one attached hydrogen (secondary N) is 3. The zero-order valence-corrected chi connectivity index (χ0v) is 18.2. The van der Waals surface area contributed by atoms with E-state index in [0.29, 0.717) is 11.7 Å². The monoisotopic (exact) mass is 413 g/mol. The lowest BCUT2D eigenvalue weighted by molar-refractivity contribution is -0.123. The molecule has 1 aromatic rings. The van der Waals surface area contributed by atoms with Crippen LogP contribution in [0.1, 0.15) is 51.9 Å². The molecule has 3 rings (SSSR count). The van der Waals surface area contributed by atoms with Crippen LogP contribution in [0.3, 0.4) is 0 Å². The minimum atomic E-state index is -0.288. The maximum Gasteiger partial charge on any atom is 0.248 e. The molecule has 1 aromatic heterocycles. The average Bonchev–Trinajstić information content (AvgIpc) is 3.27. The van der Waals surface area contributed by atoms with E-state index in [9.17, 15) is 9.59 Å². The molecule has 0 bridgehead atoms. The van der Waals surface area contributed by atoms with Gasteiger partial charge in [0.2, 0.25) is 11.8 Å². The van der Waals surface area contributed by atoms with Crippen molar-refractivity contribution in [2.24, 2.45) is 5.92 Å². The number of hydrogen-bond donors (Lipinski definition) is 3. The molecule has 2 amide bonds. The third kappa shape index (κ3) is 5.39. The topological polar surface area (TPSA) is 86.4 Å². The van der Waals surface area contributed by atoms with Gasteiger partial charge >= 0.3 is 0 Å². The van der Waals surface area contributed by atoms with Gasteiger partial charge in [0.1, 0.15) is 11.9 Å². The average molecular weight is 414 g/mol. The van der Waals surface area contributed by atoms with E-state index >= 15 is 0 Å². The Labute approximate surface area is 179 Å². The molecule has 7 heteroatoms. The van der Waals surface area contributed by atoms with Crippen molar-refractivity contribution in [3.63, 3.8) is 0 Å². The number of hydrogen-bond acceptors (Lipinski definition) is 5. The number of pyridine rings is 1. The molecular weight excluding hydrogens is 378 g/mol. The highest BCUT2D eigenvalue weighted by atomic mass is 16.2. The van der Waals surface area contributed by atoms with E-state index in [1.54, 1.807) is 19.3 Å².